The van der Waals surface area contributed by atoms with Crippen molar-refractivity contribution in [3.63, 3.8) is 0 Å². The van der Waals surface area contributed by atoms with Crippen LogP contribution >= 0.6 is 23.1 Å². The lowest BCUT2D eigenvalue weighted by Crippen LogP contribution is -2.42. The van der Waals surface area contributed by atoms with Crippen LogP contribution < -0.4 is 0 Å². The third-order valence-corrected chi connectivity index (χ3v) is 7.69. The van der Waals surface area contributed by atoms with Gasteiger partial charge in [0.15, 0.2) is 0 Å². The minimum atomic E-state index is -4.37. The third-order valence-electron chi connectivity index (χ3n) is 5.58. The van der Waals surface area contributed by atoms with E-state index in [4.69, 9.17) is 0 Å². The summed E-state index contributed by atoms with van der Waals surface area (Å²) in [6, 6.07) is 8.77. The third kappa shape index (κ3) is 4.51. The van der Waals surface area contributed by atoms with Crippen LogP contribution in [0.4, 0.5) is 13.2 Å². The Morgan fingerprint density at radius 1 is 1.10 bits per heavy atom. The Morgan fingerprint density at radius 2 is 1.80 bits per heavy atom. The Balaban J connectivity index is 1.37. The Bertz CT molecular complexity index is 892. The fourth-order valence-electron chi connectivity index (χ4n) is 3.92. The highest BCUT2D eigenvalue weighted by Gasteiger charge is 2.36. The maximum Gasteiger partial charge on any atom is 0.416 e. The van der Waals surface area contributed by atoms with Crippen molar-refractivity contribution in [2.75, 3.05) is 25.4 Å². The number of nitrogens with zero attached hydrogens (tertiary/aromatic N) is 2. The smallest absolute Gasteiger partial charge is 0.338 e. The molecule has 1 unspecified atom stereocenters. The van der Waals surface area contributed by atoms with Gasteiger partial charge in [-0.2, -0.15) is 13.2 Å². The van der Waals surface area contributed by atoms with E-state index < -0.39 is 11.7 Å². The monoisotopic (exact) mass is 454 g/mol. The number of hydrogen-bond donors (Lipinski definition) is 0. The second kappa shape index (κ2) is 8.63. The Kier molecular flexibility index (Phi) is 6.11. The number of carbonyl (C=O) groups excluding carboxylic acids is 2. The molecular weight excluding hydrogens is 433 g/mol. The first kappa shape index (κ1) is 21.2. The molecule has 2 aliphatic heterocycles. The van der Waals surface area contributed by atoms with Gasteiger partial charge in [-0.15, -0.1) is 23.1 Å². The van der Waals surface area contributed by atoms with Gasteiger partial charge in [-0.1, -0.05) is 18.2 Å². The summed E-state index contributed by atoms with van der Waals surface area (Å²) in [6.07, 6.45) is -2.75. The molecule has 2 fully saturated rings. The predicted molar refractivity (Wildman–Crippen MR) is 111 cm³/mol. The van der Waals surface area contributed by atoms with Crippen molar-refractivity contribution in [2.24, 2.45) is 5.92 Å². The standard InChI is InChI=1S/C21H21F3N2O2S2/c22-21(23,24)16-5-3-15(4-6-16)20-26(18(27)13-30-20)12-14-7-9-25(10-8-14)19(28)17-2-1-11-29-17/h1-6,11,14,20H,7-10,12-13H2. The number of amides is 2. The van der Waals surface area contributed by atoms with E-state index in [1.54, 1.807) is 4.90 Å². The predicted octanol–water partition coefficient (Wildman–Crippen LogP) is 4.89. The van der Waals surface area contributed by atoms with Crippen molar-refractivity contribution in [2.45, 2.75) is 24.4 Å². The maximum absolute atomic E-state index is 12.8. The summed E-state index contributed by atoms with van der Waals surface area (Å²) in [5.74, 6) is 0.680. The molecular formula is C21H21F3N2O2S2. The van der Waals surface area contributed by atoms with Crippen LogP contribution in [0.2, 0.25) is 0 Å². The van der Waals surface area contributed by atoms with E-state index in [2.05, 4.69) is 0 Å². The lowest BCUT2D eigenvalue weighted by molar-refractivity contribution is -0.137. The van der Waals surface area contributed by atoms with Crippen molar-refractivity contribution < 1.29 is 22.8 Å². The first-order valence-electron chi connectivity index (χ1n) is 9.74. The number of carbonyl (C=O) groups is 2. The summed E-state index contributed by atoms with van der Waals surface area (Å²) in [5, 5.41) is 1.63. The highest BCUT2D eigenvalue weighted by molar-refractivity contribution is 8.00. The molecule has 4 rings (SSSR count). The van der Waals surface area contributed by atoms with E-state index in [-0.39, 0.29) is 23.1 Å². The van der Waals surface area contributed by atoms with Gasteiger partial charge in [-0.25, -0.2) is 0 Å². The molecule has 2 saturated heterocycles. The summed E-state index contributed by atoms with van der Waals surface area (Å²) < 4.78 is 38.5. The second-order valence-electron chi connectivity index (χ2n) is 7.54. The number of likely N-dealkylation sites (tertiary alicyclic amines) is 1. The van der Waals surface area contributed by atoms with E-state index in [9.17, 15) is 22.8 Å². The number of alkyl halides is 3. The van der Waals surface area contributed by atoms with Gasteiger partial charge in [-0.3, -0.25) is 9.59 Å². The molecule has 0 bridgehead atoms. The van der Waals surface area contributed by atoms with E-state index in [1.165, 1.54) is 35.2 Å². The zero-order chi connectivity index (χ0) is 21.3. The topological polar surface area (TPSA) is 40.6 Å². The van der Waals surface area contributed by atoms with Gasteiger partial charge in [0.2, 0.25) is 5.91 Å². The van der Waals surface area contributed by atoms with Gasteiger partial charge in [0.1, 0.15) is 5.37 Å². The van der Waals surface area contributed by atoms with Crippen molar-refractivity contribution >= 4 is 34.9 Å². The number of rotatable bonds is 4. The van der Waals surface area contributed by atoms with Crippen LogP contribution in [-0.4, -0.2) is 47.0 Å². The molecule has 3 heterocycles. The first-order valence-corrected chi connectivity index (χ1v) is 11.7. The van der Waals surface area contributed by atoms with Gasteiger partial charge >= 0.3 is 6.18 Å². The normalized spacial score (nSPS) is 20.8. The van der Waals surface area contributed by atoms with Gasteiger partial charge in [0.05, 0.1) is 16.2 Å². The van der Waals surface area contributed by atoms with E-state index in [1.807, 2.05) is 22.4 Å². The highest BCUT2D eigenvalue weighted by atomic mass is 32.2. The fraction of sp³-hybridized carbons (Fsp3) is 0.429. The molecule has 0 aliphatic carbocycles. The average molecular weight is 455 g/mol. The average Bonchev–Trinajstić information content (AvgIpc) is 3.38. The van der Waals surface area contributed by atoms with Crippen LogP contribution in [0, 0.1) is 5.92 Å². The van der Waals surface area contributed by atoms with Crippen molar-refractivity contribution in [1.82, 2.24) is 9.80 Å². The minimum Gasteiger partial charge on any atom is -0.338 e. The van der Waals surface area contributed by atoms with Crippen LogP contribution in [0.5, 0.6) is 0 Å². The van der Waals surface area contributed by atoms with E-state index in [0.29, 0.717) is 31.0 Å². The number of thiophene rings is 1. The van der Waals surface area contributed by atoms with Gasteiger partial charge in [-0.05, 0) is 47.9 Å². The molecule has 1 aromatic carbocycles. The number of halogens is 3. The Morgan fingerprint density at radius 3 is 2.40 bits per heavy atom. The zero-order valence-electron chi connectivity index (χ0n) is 16.1. The molecule has 30 heavy (non-hydrogen) atoms. The molecule has 1 atom stereocenters. The number of piperidine rings is 1. The van der Waals surface area contributed by atoms with Crippen LogP contribution in [0.15, 0.2) is 41.8 Å². The number of benzene rings is 1. The maximum atomic E-state index is 12.8. The fourth-order valence-corrected chi connectivity index (χ4v) is 5.81. The van der Waals surface area contributed by atoms with Crippen molar-refractivity contribution in [3.8, 4) is 0 Å². The van der Waals surface area contributed by atoms with E-state index in [0.717, 1.165) is 29.9 Å². The zero-order valence-corrected chi connectivity index (χ0v) is 17.7. The van der Waals surface area contributed by atoms with Gasteiger partial charge in [0, 0.05) is 19.6 Å². The molecule has 0 radical (unpaired) electrons. The summed E-state index contributed by atoms with van der Waals surface area (Å²) in [5.41, 5.74) is 0.0269. The van der Waals surface area contributed by atoms with Crippen LogP contribution in [-0.2, 0) is 11.0 Å². The van der Waals surface area contributed by atoms with Crippen LogP contribution in [0.1, 0.15) is 39.0 Å². The lowest BCUT2D eigenvalue weighted by Gasteiger charge is -2.35. The SMILES string of the molecule is O=C(c1cccs1)N1CCC(CN2C(=O)CSC2c2ccc(C(F)(F)F)cc2)CC1. The summed E-state index contributed by atoms with van der Waals surface area (Å²) in [4.78, 5) is 29.3. The number of thioether (sulfide) groups is 1. The second-order valence-corrected chi connectivity index (χ2v) is 9.56. The molecule has 2 aliphatic rings. The van der Waals surface area contributed by atoms with Crippen molar-refractivity contribution in [1.29, 1.82) is 0 Å². The highest BCUT2D eigenvalue weighted by Crippen LogP contribution is 2.41. The van der Waals surface area contributed by atoms with Crippen LogP contribution in [0.3, 0.4) is 0 Å². The molecule has 0 N–H and O–H groups in total. The largest absolute Gasteiger partial charge is 0.416 e. The van der Waals surface area contributed by atoms with Gasteiger partial charge in [0.25, 0.3) is 5.91 Å². The molecule has 160 valence electrons. The number of hydrogen-bond acceptors (Lipinski definition) is 4. The molecule has 4 nitrogen and oxygen atoms in total. The molecule has 9 heteroatoms. The quantitative estimate of drug-likeness (QED) is 0.660. The summed E-state index contributed by atoms with van der Waals surface area (Å²) in [7, 11) is 0. The Labute approximate surface area is 181 Å². The molecule has 2 aromatic rings. The summed E-state index contributed by atoms with van der Waals surface area (Å²) >= 11 is 2.88. The lowest BCUT2D eigenvalue weighted by atomic mass is 9.95. The van der Waals surface area contributed by atoms with E-state index >= 15 is 0 Å². The van der Waals surface area contributed by atoms with Crippen LogP contribution in [0.25, 0.3) is 0 Å². The van der Waals surface area contributed by atoms with Gasteiger partial charge < -0.3 is 9.80 Å². The molecule has 0 spiro atoms. The first-order chi connectivity index (χ1) is 14.3. The minimum absolute atomic E-state index is 0.0157. The van der Waals surface area contributed by atoms with Crippen molar-refractivity contribution in [3.05, 3.63) is 57.8 Å². The molecule has 0 saturated carbocycles. The molecule has 1 aromatic heterocycles. The molecule has 2 amide bonds. The summed E-state index contributed by atoms with van der Waals surface area (Å²) in [6.45, 7) is 1.88. The Hall–Kier alpha value is -2.00.